The Balaban J connectivity index is 0.00000176. The highest BCUT2D eigenvalue weighted by Gasteiger charge is 2.14. The van der Waals surface area contributed by atoms with Gasteiger partial charge in [-0.1, -0.05) is 13.8 Å². The Morgan fingerprint density at radius 1 is 1.00 bits per heavy atom. The van der Waals surface area contributed by atoms with E-state index >= 15 is 0 Å². The van der Waals surface area contributed by atoms with Crippen LogP contribution in [0.15, 0.2) is 42.9 Å². The minimum atomic E-state index is -2.64. The average molecular weight is 449 g/mol. The summed E-state index contributed by atoms with van der Waals surface area (Å²) in [5.41, 5.74) is 2.35. The number of pyridine rings is 3. The van der Waals surface area contributed by atoms with Crippen molar-refractivity contribution in [2.75, 3.05) is 13.2 Å². The van der Waals surface area contributed by atoms with Gasteiger partial charge in [0.2, 0.25) is 11.8 Å². The molecule has 0 amide bonds. The second kappa shape index (κ2) is 12.6. The molecule has 0 aromatic carbocycles. The van der Waals surface area contributed by atoms with E-state index in [0.717, 1.165) is 0 Å². The maximum absolute atomic E-state index is 13.9. The Kier molecular flexibility index (Phi) is 9.87. The van der Waals surface area contributed by atoms with E-state index in [1.54, 1.807) is 18.2 Å². The monoisotopic (exact) mass is 449 g/mol. The molecule has 0 saturated carbocycles. The number of aliphatic hydroxyl groups is 1. The van der Waals surface area contributed by atoms with Gasteiger partial charge in [-0.05, 0) is 41.8 Å². The van der Waals surface area contributed by atoms with Crippen LogP contribution in [-0.2, 0) is 13.0 Å². The van der Waals surface area contributed by atoms with Gasteiger partial charge in [0.1, 0.15) is 11.5 Å². The number of alkyl halides is 2. The fourth-order valence-corrected chi connectivity index (χ4v) is 2.81. The van der Waals surface area contributed by atoms with E-state index in [0.29, 0.717) is 41.2 Å². The van der Waals surface area contributed by atoms with E-state index in [1.807, 2.05) is 20.8 Å². The summed E-state index contributed by atoms with van der Waals surface area (Å²) in [6, 6.07) is 6.38. The van der Waals surface area contributed by atoms with E-state index in [1.165, 1.54) is 24.7 Å². The predicted molar refractivity (Wildman–Crippen MR) is 114 cm³/mol. The summed E-state index contributed by atoms with van der Waals surface area (Å²) in [6.07, 6.45) is 2.14. The van der Waals surface area contributed by atoms with Crippen LogP contribution >= 0.6 is 0 Å². The summed E-state index contributed by atoms with van der Waals surface area (Å²) in [5, 5.41) is 9.05. The molecule has 0 atom stereocenters. The molecule has 0 aliphatic heterocycles. The molecule has 6 nitrogen and oxygen atoms in total. The summed E-state index contributed by atoms with van der Waals surface area (Å²) in [6.45, 7) is 4.97. The SMILES string of the molecule is CC.CCOc1cc(-c2cc(Cc3cnc(CO)c(F)c3)cnc2OCC(F)F)ccn1. The second-order valence-electron chi connectivity index (χ2n) is 6.32. The molecule has 0 aliphatic carbocycles. The molecular formula is C23H26F3N3O3. The first kappa shape index (κ1) is 25.1. The average Bonchev–Trinajstić information content (AvgIpc) is 2.80. The van der Waals surface area contributed by atoms with Gasteiger partial charge in [0.15, 0.2) is 6.61 Å². The molecule has 0 radical (unpaired) electrons. The topological polar surface area (TPSA) is 77.4 Å². The van der Waals surface area contributed by atoms with Crippen LogP contribution in [0.4, 0.5) is 13.2 Å². The van der Waals surface area contributed by atoms with Crippen LogP contribution in [0.1, 0.15) is 37.6 Å². The van der Waals surface area contributed by atoms with Crippen molar-refractivity contribution in [3.63, 3.8) is 0 Å². The minimum Gasteiger partial charge on any atom is -0.478 e. The molecule has 172 valence electrons. The number of rotatable bonds is 9. The normalized spacial score (nSPS) is 10.5. The van der Waals surface area contributed by atoms with Crippen molar-refractivity contribution in [3.8, 4) is 22.9 Å². The van der Waals surface area contributed by atoms with Crippen LogP contribution in [0.5, 0.6) is 11.8 Å². The van der Waals surface area contributed by atoms with Crippen molar-refractivity contribution >= 4 is 0 Å². The van der Waals surface area contributed by atoms with E-state index in [-0.39, 0.29) is 11.6 Å². The highest BCUT2D eigenvalue weighted by atomic mass is 19.3. The highest BCUT2D eigenvalue weighted by Crippen LogP contribution is 2.31. The zero-order valence-electron chi connectivity index (χ0n) is 18.2. The molecule has 1 N–H and O–H groups in total. The number of ether oxygens (including phenoxy) is 2. The number of halogens is 3. The third-order valence-electron chi connectivity index (χ3n) is 4.12. The maximum Gasteiger partial charge on any atom is 0.272 e. The minimum absolute atomic E-state index is 0.0337. The first-order valence-electron chi connectivity index (χ1n) is 10.2. The van der Waals surface area contributed by atoms with Crippen molar-refractivity contribution in [2.24, 2.45) is 0 Å². The van der Waals surface area contributed by atoms with Gasteiger partial charge in [0.25, 0.3) is 6.43 Å². The molecule has 0 saturated heterocycles. The quantitative estimate of drug-likeness (QED) is 0.504. The first-order chi connectivity index (χ1) is 15.5. The summed E-state index contributed by atoms with van der Waals surface area (Å²) < 4.78 is 49.8. The molecule has 0 fully saturated rings. The summed E-state index contributed by atoms with van der Waals surface area (Å²) in [5.74, 6) is -0.172. The van der Waals surface area contributed by atoms with Gasteiger partial charge in [-0.15, -0.1) is 0 Å². The fourth-order valence-electron chi connectivity index (χ4n) is 2.81. The van der Waals surface area contributed by atoms with Crippen molar-refractivity contribution < 1.29 is 27.8 Å². The standard InChI is InChI=1S/C21H20F3N3O3.C2H6/c1-2-29-20-8-15(3-4-25-20)16-6-13(10-27-21(16)30-12-19(23)24)5-14-7-17(22)18(11-28)26-9-14;1-2/h3-4,6-10,19,28H,2,5,11-12H2,1H3;1-2H3. The van der Waals surface area contributed by atoms with E-state index in [2.05, 4.69) is 15.0 Å². The third kappa shape index (κ3) is 6.91. The molecule has 0 bridgehead atoms. The van der Waals surface area contributed by atoms with Crippen LogP contribution in [0.3, 0.4) is 0 Å². The molecule has 32 heavy (non-hydrogen) atoms. The number of hydrogen-bond acceptors (Lipinski definition) is 6. The van der Waals surface area contributed by atoms with Crippen LogP contribution in [0.25, 0.3) is 11.1 Å². The molecule has 0 spiro atoms. The lowest BCUT2D eigenvalue weighted by atomic mass is 10.0. The van der Waals surface area contributed by atoms with Gasteiger partial charge < -0.3 is 14.6 Å². The van der Waals surface area contributed by atoms with E-state index < -0.39 is 25.5 Å². The molecule has 3 aromatic rings. The summed E-state index contributed by atoms with van der Waals surface area (Å²) in [7, 11) is 0. The molecular weight excluding hydrogens is 423 g/mol. The van der Waals surface area contributed by atoms with Gasteiger partial charge in [-0.3, -0.25) is 4.98 Å². The summed E-state index contributed by atoms with van der Waals surface area (Å²) in [4.78, 5) is 12.2. The van der Waals surface area contributed by atoms with Crippen molar-refractivity contribution in [1.82, 2.24) is 15.0 Å². The first-order valence-corrected chi connectivity index (χ1v) is 10.2. The van der Waals surface area contributed by atoms with Gasteiger partial charge in [0, 0.05) is 36.6 Å². The third-order valence-corrected chi connectivity index (χ3v) is 4.12. The highest BCUT2D eigenvalue weighted by molar-refractivity contribution is 5.70. The Bertz CT molecular complexity index is 1000. The molecule has 3 rings (SSSR count). The van der Waals surface area contributed by atoms with Gasteiger partial charge in [-0.25, -0.2) is 23.1 Å². The summed E-state index contributed by atoms with van der Waals surface area (Å²) >= 11 is 0. The lowest BCUT2D eigenvalue weighted by Crippen LogP contribution is -2.09. The van der Waals surface area contributed by atoms with Crippen LogP contribution < -0.4 is 9.47 Å². The van der Waals surface area contributed by atoms with Gasteiger partial charge in [-0.2, -0.15) is 0 Å². The largest absolute Gasteiger partial charge is 0.478 e. The fraction of sp³-hybridized carbons (Fsp3) is 0.348. The smallest absolute Gasteiger partial charge is 0.272 e. The molecule has 0 aliphatic rings. The molecule has 9 heteroatoms. The Morgan fingerprint density at radius 3 is 2.38 bits per heavy atom. The zero-order chi connectivity index (χ0) is 23.5. The van der Waals surface area contributed by atoms with Crippen LogP contribution in [0, 0.1) is 5.82 Å². The Labute approximate surface area is 185 Å². The van der Waals surface area contributed by atoms with Crippen LogP contribution in [-0.4, -0.2) is 39.7 Å². The Hall–Kier alpha value is -3.20. The van der Waals surface area contributed by atoms with E-state index in [4.69, 9.17) is 14.6 Å². The predicted octanol–water partition coefficient (Wildman–Crippen LogP) is 4.83. The van der Waals surface area contributed by atoms with Gasteiger partial charge >= 0.3 is 0 Å². The molecule has 3 heterocycles. The molecule has 3 aromatic heterocycles. The molecule has 0 unspecified atom stereocenters. The second-order valence-corrected chi connectivity index (χ2v) is 6.32. The van der Waals surface area contributed by atoms with E-state index in [9.17, 15) is 13.2 Å². The number of aromatic nitrogens is 3. The zero-order valence-corrected chi connectivity index (χ0v) is 18.2. The van der Waals surface area contributed by atoms with Crippen molar-refractivity contribution in [1.29, 1.82) is 0 Å². The Morgan fingerprint density at radius 2 is 1.72 bits per heavy atom. The number of nitrogens with zero attached hydrogens (tertiary/aromatic N) is 3. The van der Waals surface area contributed by atoms with Crippen molar-refractivity contribution in [2.45, 2.75) is 40.2 Å². The van der Waals surface area contributed by atoms with Crippen LogP contribution in [0.2, 0.25) is 0 Å². The maximum atomic E-state index is 13.9. The lowest BCUT2D eigenvalue weighted by Gasteiger charge is -2.13. The van der Waals surface area contributed by atoms with Gasteiger partial charge in [0.05, 0.1) is 13.2 Å². The number of aliphatic hydroxyl groups excluding tert-OH is 1. The number of hydrogen-bond donors (Lipinski definition) is 1. The van der Waals surface area contributed by atoms with Crippen molar-refractivity contribution in [3.05, 3.63) is 65.5 Å². The lowest BCUT2D eigenvalue weighted by molar-refractivity contribution is 0.0799.